The topological polar surface area (TPSA) is 86.7 Å². The number of halogens is 1. The fourth-order valence-corrected chi connectivity index (χ4v) is 2.54. The van der Waals surface area contributed by atoms with Crippen molar-refractivity contribution in [1.82, 2.24) is 4.90 Å². The van der Waals surface area contributed by atoms with Crippen LogP contribution in [0.15, 0.2) is 18.2 Å². The Morgan fingerprint density at radius 3 is 2.68 bits per heavy atom. The normalized spacial score (nSPS) is 17.9. The van der Waals surface area contributed by atoms with Crippen molar-refractivity contribution in [3.63, 3.8) is 0 Å². The second-order valence-electron chi connectivity index (χ2n) is 5.22. The van der Waals surface area contributed by atoms with Crippen LogP contribution in [0.25, 0.3) is 0 Å². The van der Waals surface area contributed by atoms with Crippen molar-refractivity contribution in [2.75, 3.05) is 11.9 Å². The minimum absolute atomic E-state index is 0.0952. The molecule has 1 heterocycles. The second kappa shape index (κ2) is 6.55. The second-order valence-corrected chi connectivity index (χ2v) is 5.22. The highest BCUT2D eigenvalue weighted by molar-refractivity contribution is 5.98. The smallest absolute Gasteiger partial charge is 0.326 e. The van der Waals surface area contributed by atoms with E-state index in [1.807, 2.05) is 0 Å². The summed E-state index contributed by atoms with van der Waals surface area (Å²) in [6.07, 6.45) is 1.89. The van der Waals surface area contributed by atoms with Crippen LogP contribution in [0.4, 0.5) is 10.1 Å². The van der Waals surface area contributed by atoms with Gasteiger partial charge in [-0.1, -0.05) is 0 Å². The molecule has 0 aromatic heterocycles. The number of hydrogen-bond acceptors (Lipinski definition) is 3. The van der Waals surface area contributed by atoms with Crippen LogP contribution in [0, 0.1) is 5.82 Å². The average Bonchev–Trinajstić information content (AvgIpc) is 2.48. The third-order valence-corrected chi connectivity index (χ3v) is 3.57. The molecule has 0 radical (unpaired) electrons. The minimum Gasteiger partial charge on any atom is -0.480 e. The predicted molar refractivity (Wildman–Crippen MR) is 77.0 cm³/mol. The number of amides is 2. The highest BCUT2D eigenvalue weighted by Gasteiger charge is 2.32. The number of carbonyl (C=O) groups excluding carboxylic acids is 2. The van der Waals surface area contributed by atoms with Gasteiger partial charge in [-0.3, -0.25) is 9.59 Å². The number of nitrogens with zero attached hydrogens (tertiary/aromatic N) is 1. The number of rotatable bonds is 3. The van der Waals surface area contributed by atoms with E-state index < -0.39 is 29.6 Å². The van der Waals surface area contributed by atoms with E-state index in [9.17, 15) is 23.9 Å². The van der Waals surface area contributed by atoms with Gasteiger partial charge in [0, 0.05) is 19.0 Å². The third-order valence-electron chi connectivity index (χ3n) is 3.57. The zero-order valence-electron chi connectivity index (χ0n) is 12.1. The van der Waals surface area contributed by atoms with Crippen molar-refractivity contribution >= 4 is 23.5 Å². The van der Waals surface area contributed by atoms with E-state index in [0.29, 0.717) is 13.0 Å². The lowest BCUT2D eigenvalue weighted by Gasteiger charge is -2.33. The van der Waals surface area contributed by atoms with Gasteiger partial charge in [0.05, 0.1) is 5.69 Å². The van der Waals surface area contributed by atoms with Crippen molar-refractivity contribution in [2.45, 2.75) is 32.2 Å². The molecular formula is C15H17FN2O4. The molecule has 1 aromatic carbocycles. The molecule has 6 nitrogen and oxygen atoms in total. The van der Waals surface area contributed by atoms with Crippen molar-refractivity contribution in [2.24, 2.45) is 0 Å². The van der Waals surface area contributed by atoms with Gasteiger partial charge in [-0.25, -0.2) is 9.18 Å². The van der Waals surface area contributed by atoms with Crippen molar-refractivity contribution in [3.05, 3.63) is 29.6 Å². The SMILES string of the molecule is CC(=O)Nc1cc(C(=O)N2CCCC[C@@H]2C(=O)O)ccc1F. The molecule has 118 valence electrons. The summed E-state index contributed by atoms with van der Waals surface area (Å²) >= 11 is 0. The molecule has 0 aliphatic carbocycles. The third kappa shape index (κ3) is 3.41. The minimum atomic E-state index is -1.04. The van der Waals surface area contributed by atoms with Gasteiger partial charge < -0.3 is 15.3 Å². The first-order valence-corrected chi connectivity index (χ1v) is 7.01. The largest absolute Gasteiger partial charge is 0.480 e. The van der Waals surface area contributed by atoms with Gasteiger partial charge in [-0.2, -0.15) is 0 Å². The first-order valence-electron chi connectivity index (χ1n) is 7.01. The van der Waals surface area contributed by atoms with E-state index >= 15 is 0 Å². The molecule has 1 atom stereocenters. The van der Waals surface area contributed by atoms with Crippen LogP contribution in [0.2, 0.25) is 0 Å². The maximum atomic E-state index is 13.6. The van der Waals surface area contributed by atoms with Gasteiger partial charge in [0.1, 0.15) is 11.9 Å². The first-order chi connectivity index (χ1) is 10.4. The van der Waals surface area contributed by atoms with Gasteiger partial charge in [0.15, 0.2) is 0 Å². The lowest BCUT2D eigenvalue weighted by molar-refractivity contribution is -0.143. The lowest BCUT2D eigenvalue weighted by atomic mass is 10.0. The Hall–Kier alpha value is -2.44. The summed E-state index contributed by atoms with van der Waals surface area (Å²) < 4.78 is 13.6. The Morgan fingerprint density at radius 2 is 2.05 bits per heavy atom. The van der Waals surface area contributed by atoms with Crippen molar-refractivity contribution in [3.8, 4) is 0 Å². The molecule has 0 unspecified atom stereocenters. The van der Waals surface area contributed by atoms with Crippen molar-refractivity contribution < 1.29 is 23.9 Å². The first kappa shape index (κ1) is 15.9. The number of hydrogen-bond donors (Lipinski definition) is 2. The number of anilines is 1. The summed E-state index contributed by atoms with van der Waals surface area (Å²) in [5.41, 5.74) is 0.0561. The van der Waals surface area contributed by atoms with Gasteiger partial charge in [-0.05, 0) is 37.5 Å². The quantitative estimate of drug-likeness (QED) is 0.892. The van der Waals surface area contributed by atoms with Crippen LogP contribution in [-0.4, -0.2) is 40.4 Å². The molecule has 1 aliphatic rings. The standard InChI is InChI=1S/C15H17FN2O4/c1-9(19)17-12-8-10(5-6-11(12)16)14(20)18-7-3-2-4-13(18)15(21)22/h5-6,8,13H,2-4,7H2,1H3,(H,17,19)(H,21,22)/t13-/m1/s1. The average molecular weight is 308 g/mol. The Kier molecular flexibility index (Phi) is 4.75. The number of carboxylic acid groups (broad SMARTS) is 1. The molecule has 1 saturated heterocycles. The van der Waals surface area contributed by atoms with E-state index in [1.54, 1.807) is 0 Å². The number of carboxylic acids is 1. The Morgan fingerprint density at radius 1 is 1.32 bits per heavy atom. The molecule has 22 heavy (non-hydrogen) atoms. The molecule has 0 saturated carbocycles. The van der Waals surface area contributed by atoms with Crippen LogP contribution in [0.1, 0.15) is 36.5 Å². The Balaban J connectivity index is 2.28. The van der Waals surface area contributed by atoms with Crippen LogP contribution in [-0.2, 0) is 9.59 Å². The number of carbonyl (C=O) groups is 3. The van der Waals surface area contributed by atoms with Crippen LogP contribution in [0.3, 0.4) is 0 Å². The molecule has 2 rings (SSSR count). The van der Waals surface area contributed by atoms with E-state index in [-0.39, 0.29) is 11.3 Å². The molecule has 2 amide bonds. The predicted octanol–water partition coefficient (Wildman–Crippen LogP) is 1.86. The highest BCUT2D eigenvalue weighted by Crippen LogP contribution is 2.22. The summed E-state index contributed by atoms with van der Waals surface area (Å²) in [5, 5.41) is 11.5. The van der Waals surface area contributed by atoms with Gasteiger partial charge in [-0.15, -0.1) is 0 Å². The van der Waals surface area contributed by atoms with E-state index in [0.717, 1.165) is 18.9 Å². The summed E-state index contributed by atoms with van der Waals surface area (Å²) in [7, 11) is 0. The molecule has 2 N–H and O–H groups in total. The molecule has 1 aromatic rings. The Labute approximate surface area is 126 Å². The zero-order chi connectivity index (χ0) is 16.3. The number of piperidine rings is 1. The van der Waals surface area contributed by atoms with Crippen LogP contribution >= 0.6 is 0 Å². The maximum absolute atomic E-state index is 13.6. The fourth-order valence-electron chi connectivity index (χ4n) is 2.54. The summed E-state index contributed by atoms with van der Waals surface area (Å²) in [4.78, 5) is 36.1. The Bertz CT molecular complexity index is 618. The molecule has 1 fully saturated rings. The molecule has 7 heteroatoms. The van der Waals surface area contributed by atoms with Crippen molar-refractivity contribution in [1.29, 1.82) is 0 Å². The van der Waals surface area contributed by atoms with Gasteiger partial charge in [0.2, 0.25) is 5.91 Å². The number of nitrogens with one attached hydrogen (secondary N) is 1. The monoisotopic (exact) mass is 308 g/mol. The van der Waals surface area contributed by atoms with E-state index in [2.05, 4.69) is 5.32 Å². The molecule has 0 bridgehead atoms. The molecule has 1 aliphatic heterocycles. The van der Waals surface area contributed by atoms with E-state index in [4.69, 9.17) is 0 Å². The number of benzene rings is 1. The van der Waals surface area contributed by atoms with E-state index in [1.165, 1.54) is 24.0 Å². The number of likely N-dealkylation sites (tertiary alicyclic amines) is 1. The van der Waals surface area contributed by atoms with Crippen LogP contribution < -0.4 is 5.32 Å². The van der Waals surface area contributed by atoms with Crippen LogP contribution in [0.5, 0.6) is 0 Å². The number of aliphatic carboxylic acids is 1. The molecule has 0 spiro atoms. The lowest BCUT2D eigenvalue weighted by Crippen LogP contribution is -2.48. The summed E-state index contributed by atoms with van der Waals surface area (Å²) in [6.45, 7) is 1.58. The maximum Gasteiger partial charge on any atom is 0.326 e. The molecular weight excluding hydrogens is 291 g/mol. The summed E-state index contributed by atoms with van der Waals surface area (Å²) in [5.74, 6) is -2.62. The zero-order valence-corrected chi connectivity index (χ0v) is 12.1. The van der Waals surface area contributed by atoms with Gasteiger partial charge >= 0.3 is 5.97 Å². The summed E-state index contributed by atoms with van der Waals surface area (Å²) in [6, 6.07) is 2.73. The fraction of sp³-hybridized carbons (Fsp3) is 0.400. The van der Waals surface area contributed by atoms with Gasteiger partial charge in [0.25, 0.3) is 5.91 Å². The highest BCUT2D eigenvalue weighted by atomic mass is 19.1.